The number of H-pyrrole nitrogens is 1. The maximum atomic E-state index is 5.77. The third kappa shape index (κ3) is 3.32. The first kappa shape index (κ1) is 12.2. The number of hydrogen-bond donors (Lipinski definition) is 2. The van der Waals surface area contributed by atoms with Crippen LogP contribution in [0, 0.1) is 0 Å². The minimum absolute atomic E-state index is 0.0292. The summed E-state index contributed by atoms with van der Waals surface area (Å²) in [5.74, 6) is 0. The van der Waals surface area contributed by atoms with Crippen molar-refractivity contribution in [2.24, 2.45) is 5.73 Å². The van der Waals surface area contributed by atoms with E-state index in [1.165, 1.54) is 6.42 Å². The molecule has 1 atom stereocenters. The van der Waals surface area contributed by atoms with Crippen molar-refractivity contribution >= 4 is 17.2 Å². The largest absolute Gasteiger partial charge is 0.392 e. The Bertz CT molecular complexity index is 295. The summed E-state index contributed by atoms with van der Waals surface area (Å²) < 4.78 is 0. The van der Waals surface area contributed by atoms with Crippen LogP contribution in [0.2, 0.25) is 0 Å². The molecule has 0 saturated carbocycles. The van der Waals surface area contributed by atoms with E-state index >= 15 is 0 Å². The van der Waals surface area contributed by atoms with E-state index in [0.29, 0.717) is 4.99 Å². The number of nitrogens with zero attached hydrogens (tertiary/aromatic N) is 1. The Morgan fingerprint density at radius 1 is 1.67 bits per heavy atom. The van der Waals surface area contributed by atoms with Gasteiger partial charge >= 0.3 is 0 Å². The Morgan fingerprint density at radius 2 is 2.40 bits per heavy atom. The standard InChI is InChI=1S/C11H19N3S/c1-3-4-8-14(2)10(11(12)15)9-6-5-7-13-9/h5-7,10,13H,3-4,8H2,1-2H3,(H2,12,15). The molecule has 0 amide bonds. The number of rotatable bonds is 6. The predicted molar refractivity (Wildman–Crippen MR) is 67.9 cm³/mol. The lowest BCUT2D eigenvalue weighted by molar-refractivity contribution is 0.293. The maximum absolute atomic E-state index is 5.77. The summed E-state index contributed by atoms with van der Waals surface area (Å²) in [5.41, 5.74) is 6.84. The Labute approximate surface area is 96.7 Å². The zero-order chi connectivity index (χ0) is 11.3. The van der Waals surface area contributed by atoms with Crippen molar-refractivity contribution in [1.29, 1.82) is 0 Å². The van der Waals surface area contributed by atoms with Crippen molar-refractivity contribution in [2.45, 2.75) is 25.8 Å². The van der Waals surface area contributed by atoms with Crippen molar-refractivity contribution < 1.29 is 0 Å². The van der Waals surface area contributed by atoms with E-state index in [9.17, 15) is 0 Å². The van der Waals surface area contributed by atoms with Gasteiger partial charge in [-0.3, -0.25) is 4.90 Å². The second-order valence-corrected chi connectivity index (χ2v) is 4.24. The summed E-state index contributed by atoms with van der Waals surface area (Å²) in [5, 5.41) is 0. The van der Waals surface area contributed by atoms with Crippen molar-refractivity contribution in [2.75, 3.05) is 13.6 Å². The third-order valence-corrected chi connectivity index (χ3v) is 2.71. The molecule has 0 radical (unpaired) electrons. The molecule has 3 nitrogen and oxygen atoms in total. The molecule has 1 rings (SSSR count). The lowest BCUT2D eigenvalue weighted by Crippen LogP contribution is -2.35. The van der Waals surface area contributed by atoms with Crippen LogP contribution < -0.4 is 5.73 Å². The van der Waals surface area contributed by atoms with Gasteiger partial charge in [-0.2, -0.15) is 0 Å². The first-order chi connectivity index (χ1) is 7.16. The number of aromatic amines is 1. The molecule has 15 heavy (non-hydrogen) atoms. The topological polar surface area (TPSA) is 45.0 Å². The van der Waals surface area contributed by atoms with Crippen molar-refractivity contribution in [3.8, 4) is 0 Å². The van der Waals surface area contributed by atoms with Crippen LogP contribution in [0.1, 0.15) is 31.5 Å². The molecule has 0 aliphatic rings. The van der Waals surface area contributed by atoms with Crippen LogP contribution in [0.25, 0.3) is 0 Å². The lowest BCUT2D eigenvalue weighted by Gasteiger charge is -2.26. The number of aromatic nitrogens is 1. The average molecular weight is 225 g/mol. The molecule has 1 aromatic heterocycles. The van der Waals surface area contributed by atoms with Gasteiger partial charge in [0.15, 0.2) is 0 Å². The number of nitrogens with two attached hydrogens (primary N) is 1. The molecule has 0 bridgehead atoms. The molecule has 84 valence electrons. The summed E-state index contributed by atoms with van der Waals surface area (Å²) in [6.45, 7) is 3.19. The monoisotopic (exact) mass is 225 g/mol. The van der Waals surface area contributed by atoms with E-state index in [1.54, 1.807) is 0 Å². The van der Waals surface area contributed by atoms with Gasteiger partial charge in [-0.05, 0) is 32.1 Å². The summed E-state index contributed by atoms with van der Waals surface area (Å²) >= 11 is 5.11. The van der Waals surface area contributed by atoms with Crippen LogP contribution in [-0.2, 0) is 0 Å². The molecule has 3 N–H and O–H groups in total. The molecule has 1 unspecified atom stereocenters. The first-order valence-electron chi connectivity index (χ1n) is 5.29. The van der Waals surface area contributed by atoms with Crippen molar-refractivity contribution in [3.63, 3.8) is 0 Å². The SMILES string of the molecule is CCCCN(C)C(C(N)=S)c1ccc[nH]1. The van der Waals surface area contributed by atoms with E-state index in [4.69, 9.17) is 18.0 Å². The average Bonchev–Trinajstić information content (AvgIpc) is 2.67. The number of nitrogens with one attached hydrogen (secondary N) is 1. The third-order valence-electron chi connectivity index (χ3n) is 2.49. The molecule has 1 aromatic rings. The van der Waals surface area contributed by atoms with Crippen molar-refractivity contribution in [3.05, 3.63) is 24.0 Å². The van der Waals surface area contributed by atoms with Gasteiger partial charge in [-0.1, -0.05) is 25.6 Å². The Kier molecular flexibility index (Phi) is 4.78. The number of thiocarbonyl (C=S) groups is 1. The van der Waals surface area contributed by atoms with Crippen LogP contribution in [0.4, 0.5) is 0 Å². The summed E-state index contributed by atoms with van der Waals surface area (Å²) in [6.07, 6.45) is 4.24. The fourth-order valence-electron chi connectivity index (χ4n) is 1.66. The van der Waals surface area contributed by atoms with Gasteiger partial charge in [-0.25, -0.2) is 0 Å². The van der Waals surface area contributed by atoms with E-state index < -0.39 is 0 Å². The normalized spacial score (nSPS) is 13.0. The van der Waals surface area contributed by atoms with Gasteiger partial charge in [0, 0.05) is 11.9 Å². The van der Waals surface area contributed by atoms with Gasteiger partial charge in [0.05, 0.1) is 4.99 Å². The summed E-state index contributed by atoms with van der Waals surface area (Å²) in [4.78, 5) is 5.88. The Balaban J connectivity index is 2.70. The van der Waals surface area contributed by atoms with Crippen LogP contribution in [0.5, 0.6) is 0 Å². The lowest BCUT2D eigenvalue weighted by atomic mass is 10.1. The molecule has 0 saturated heterocycles. The molecule has 0 aliphatic carbocycles. The van der Waals surface area contributed by atoms with Gasteiger partial charge in [-0.15, -0.1) is 0 Å². The highest BCUT2D eigenvalue weighted by Gasteiger charge is 2.19. The molecular formula is C11H19N3S. The fraction of sp³-hybridized carbons (Fsp3) is 0.545. The highest BCUT2D eigenvalue weighted by Crippen LogP contribution is 2.18. The minimum atomic E-state index is 0.0292. The van der Waals surface area contributed by atoms with Gasteiger partial charge < -0.3 is 10.7 Å². The highest BCUT2D eigenvalue weighted by molar-refractivity contribution is 7.80. The van der Waals surface area contributed by atoms with Gasteiger partial charge in [0.2, 0.25) is 0 Å². The predicted octanol–water partition coefficient (Wildman–Crippen LogP) is 2.07. The van der Waals surface area contributed by atoms with Crippen molar-refractivity contribution in [1.82, 2.24) is 9.88 Å². The van der Waals surface area contributed by atoms with E-state index in [2.05, 4.69) is 23.9 Å². The Hall–Kier alpha value is -0.870. The van der Waals surface area contributed by atoms with Crippen LogP contribution in [0.3, 0.4) is 0 Å². The van der Waals surface area contributed by atoms with E-state index in [-0.39, 0.29) is 6.04 Å². The van der Waals surface area contributed by atoms with Gasteiger partial charge in [0.25, 0.3) is 0 Å². The smallest absolute Gasteiger partial charge is 0.100 e. The molecule has 0 aliphatic heterocycles. The van der Waals surface area contributed by atoms with Crippen LogP contribution >= 0.6 is 12.2 Å². The fourth-order valence-corrected chi connectivity index (χ4v) is 1.97. The van der Waals surface area contributed by atoms with E-state index in [1.807, 2.05) is 18.3 Å². The molecule has 0 spiro atoms. The maximum Gasteiger partial charge on any atom is 0.100 e. The minimum Gasteiger partial charge on any atom is -0.392 e. The first-order valence-corrected chi connectivity index (χ1v) is 5.70. The number of hydrogen-bond acceptors (Lipinski definition) is 2. The molecule has 0 aromatic carbocycles. The van der Waals surface area contributed by atoms with Crippen LogP contribution in [-0.4, -0.2) is 28.5 Å². The summed E-state index contributed by atoms with van der Waals surface area (Å²) in [6, 6.07) is 4.02. The molecular weight excluding hydrogens is 206 g/mol. The molecule has 1 heterocycles. The molecule has 4 heteroatoms. The number of unbranched alkanes of at least 4 members (excludes halogenated alkanes) is 1. The van der Waals surface area contributed by atoms with Gasteiger partial charge in [0.1, 0.15) is 6.04 Å². The summed E-state index contributed by atoms with van der Waals surface area (Å²) in [7, 11) is 2.06. The second kappa shape index (κ2) is 5.88. The Morgan fingerprint density at radius 3 is 2.87 bits per heavy atom. The molecule has 0 fully saturated rings. The number of likely N-dealkylation sites (N-methyl/N-ethyl adjacent to an activating group) is 1. The zero-order valence-corrected chi connectivity index (χ0v) is 10.2. The zero-order valence-electron chi connectivity index (χ0n) is 9.36. The highest BCUT2D eigenvalue weighted by atomic mass is 32.1. The van der Waals surface area contributed by atoms with E-state index in [0.717, 1.165) is 18.7 Å². The quantitative estimate of drug-likeness (QED) is 0.729. The van der Waals surface area contributed by atoms with Crippen LogP contribution in [0.15, 0.2) is 18.3 Å². The second-order valence-electron chi connectivity index (χ2n) is 3.76.